The first-order chi connectivity index (χ1) is 12.0. The van der Waals surface area contributed by atoms with Crippen molar-refractivity contribution in [1.82, 2.24) is 4.90 Å². The number of rotatable bonds is 6. The molecule has 1 aliphatic rings. The number of ether oxygens (including phenoxy) is 1. The molecule has 0 spiro atoms. The van der Waals surface area contributed by atoms with Gasteiger partial charge in [-0.25, -0.2) is 0 Å². The van der Waals surface area contributed by atoms with Crippen molar-refractivity contribution in [3.63, 3.8) is 0 Å². The zero-order valence-electron chi connectivity index (χ0n) is 15.3. The van der Waals surface area contributed by atoms with Crippen LogP contribution in [-0.4, -0.2) is 34.4 Å². The minimum absolute atomic E-state index is 0.0703. The van der Waals surface area contributed by atoms with Crippen LogP contribution in [0.4, 0.5) is 0 Å². The summed E-state index contributed by atoms with van der Waals surface area (Å²) in [6.45, 7) is 6.18. The first kappa shape index (κ1) is 18.1. The first-order valence-electron chi connectivity index (χ1n) is 9.18. The molecule has 0 unspecified atom stereocenters. The number of nitrogens with zero attached hydrogens (tertiary/aromatic N) is 1. The highest BCUT2D eigenvalue weighted by atomic mass is 16.5. The molecule has 1 fully saturated rings. The third-order valence-corrected chi connectivity index (χ3v) is 5.01. The van der Waals surface area contributed by atoms with Gasteiger partial charge in [0.25, 0.3) is 0 Å². The Morgan fingerprint density at radius 1 is 0.920 bits per heavy atom. The van der Waals surface area contributed by atoms with Crippen molar-refractivity contribution < 1.29 is 9.84 Å². The largest absolute Gasteiger partial charge is 0.388 e. The minimum Gasteiger partial charge on any atom is -0.388 e. The fourth-order valence-electron chi connectivity index (χ4n) is 3.53. The summed E-state index contributed by atoms with van der Waals surface area (Å²) in [7, 11) is 0. The van der Waals surface area contributed by atoms with Crippen molar-refractivity contribution in [2.45, 2.75) is 57.5 Å². The standard InChI is InChI=1S/C22H29NO2/c1-22(2,24)21-14-13-20(17-25-21)23(15-18-9-5-3-6-10-18)16-19-11-7-4-8-12-19/h3-12,20-21,24H,13-17H2,1-2H3/t20-,21+/m0/s1. The van der Waals surface area contributed by atoms with Crippen LogP contribution in [0.25, 0.3) is 0 Å². The molecule has 0 aliphatic carbocycles. The third kappa shape index (κ3) is 5.15. The van der Waals surface area contributed by atoms with E-state index in [1.807, 2.05) is 13.8 Å². The summed E-state index contributed by atoms with van der Waals surface area (Å²) < 4.78 is 6.02. The van der Waals surface area contributed by atoms with Gasteiger partial charge in [-0.2, -0.15) is 0 Å². The van der Waals surface area contributed by atoms with Crippen LogP contribution >= 0.6 is 0 Å². The second-order valence-electron chi connectivity index (χ2n) is 7.58. The predicted molar refractivity (Wildman–Crippen MR) is 101 cm³/mol. The molecule has 1 aliphatic heterocycles. The summed E-state index contributed by atoms with van der Waals surface area (Å²) in [5, 5.41) is 10.2. The molecule has 1 N–H and O–H groups in total. The highest BCUT2D eigenvalue weighted by Gasteiger charge is 2.34. The lowest BCUT2D eigenvalue weighted by Gasteiger charge is -2.40. The van der Waals surface area contributed by atoms with Gasteiger partial charge in [0.05, 0.1) is 18.3 Å². The van der Waals surface area contributed by atoms with E-state index >= 15 is 0 Å². The van der Waals surface area contributed by atoms with E-state index < -0.39 is 5.60 Å². The summed E-state index contributed by atoms with van der Waals surface area (Å²) >= 11 is 0. The van der Waals surface area contributed by atoms with Crippen LogP contribution in [0.1, 0.15) is 37.8 Å². The highest BCUT2D eigenvalue weighted by Crippen LogP contribution is 2.27. The van der Waals surface area contributed by atoms with E-state index in [2.05, 4.69) is 65.6 Å². The zero-order valence-corrected chi connectivity index (χ0v) is 15.3. The van der Waals surface area contributed by atoms with Gasteiger partial charge in [-0.05, 0) is 37.8 Å². The molecular formula is C22H29NO2. The lowest BCUT2D eigenvalue weighted by Crippen LogP contribution is -2.48. The molecule has 0 bridgehead atoms. The second kappa shape index (κ2) is 8.13. The molecule has 0 radical (unpaired) electrons. The molecule has 1 heterocycles. The average molecular weight is 339 g/mol. The Kier molecular flexibility index (Phi) is 5.89. The third-order valence-electron chi connectivity index (χ3n) is 5.01. The van der Waals surface area contributed by atoms with Crippen molar-refractivity contribution in [3.05, 3.63) is 71.8 Å². The van der Waals surface area contributed by atoms with Gasteiger partial charge in [-0.15, -0.1) is 0 Å². The Hall–Kier alpha value is -1.68. The van der Waals surface area contributed by atoms with Gasteiger partial charge in [0.15, 0.2) is 0 Å². The Labute approximate surface area is 151 Å². The van der Waals surface area contributed by atoms with Gasteiger partial charge in [0.2, 0.25) is 0 Å². The quantitative estimate of drug-likeness (QED) is 0.863. The topological polar surface area (TPSA) is 32.7 Å². The molecule has 134 valence electrons. The van der Waals surface area contributed by atoms with E-state index in [0.717, 1.165) is 25.9 Å². The van der Waals surface area contributed by atoms with Crippen molar-refractivity contribution in [2.24, 2.45) is 0 Å². The van der Waals surface area contributed by atoms with Crippen molar-refractivity contribution >= 4 is 0 Å². The van der Waals surface area contributed by atoms with E-state index in [1.165, 1.54) is 11.1 Å². The van der Waals surface area contributed by atoms with Crippen molar-refractivity contribution in [2.75, 3.05) is 6.61 Å². The molecule has 3 nitrogen and oxygen atoms in total. The highest BCUT2D eigenvalue weighted by molar-refractivity contribution is 5.17. The van der Waals surface area contributed by atoms with Gasteiger partial charge < -0.3 is 9.84 Å². The summed E-state index contributed by atoms with van der Waals surface area (Å²) in [4.78, 5) is 2.51. The number of aliphatic hydroxyl groups is 1. The average Bonchev–Trinajstić information content (AvgIpc) is 2.62. The Bertz CT molecular complexity index is 587. The maximum Gasteiger partial charge on any atom is 0.0857 e. The minimum atomic E-state index is -0.769. The Balaban J connectivity index is 1.70. The molecule has 3 rings (SSSR count). The fourth-order valence-corrected chi connectivity index (χ4v) is 3.53. The van der Waals surface area contributed by atoms with Gasteiger partial charge >= 0.3 is 0 Å². The number of benzene rings is 2. The Morgan fingerprint density at radius 3 is 1.84 bits per heavy atom. The summed E-state index contributed by atoms with van der Waals surface area (Å²) in [6, 6.07) is 21.6. The van der Waals surface area contributed by atoms with E-state index in [0.29, 0.717) is 12.6 Å². The van der Waals surface area contributed by atoms with Crippen LogP contribution in [-0.2, 0) is 17.8 Å². The smallest absolute Gasteiger partial charge is 0.0857 e. The molecule has 0 aromatic heterocycles. The van der Waals surface area contributed by atoms with E-state index in [9.17, 15) is 5.11 Å². The van der Waals surface area contributed by atoms with Crippen molar-refractivity contribution in [1.29, 1.82) is 0 Å². The molecule has 2 aromatic rings. The summed E-state index contributed by atoms with van der Waals surface area (Å²) in [5.74, 6) is 0. The van der Waals surface area contributed by atoms with Gasteiger partial charge in [0.1, 0.15) is 0 Å². The lowest BCUT2D eigenvalue weighted by atomic mass is 9.92. The maximum absolute atomic E-state index is 10.2. The normalized spacial score (nSPS) is 21.4. The van der Waals surface area contributed by atoms with E-state index in [4.69, 9.17) is 4.74 Å². The molecule has 25 heavy (non-hydrogen) atoms. The number of hydrogen-bond acceptors (Lipinski definition) is 3. The molecule has 0 saturated carbocycles. The van der Waals surface area contributed by atoms with Crippen LogP contribution in [0.15, 0.2) is 60.7 Å². The monoisotopic (exact) mass is 339 g/mol. The van der Waals surface area contributed by atoms with Crippen LogP contribution in [0.3, 0.4) is 0 Å². The Morgan fingerprint density at radius 2 is 1.44 bits per heavy atom. The van der Waals surface area contributed by atoms with E-state index in [1.54, 1.807) is 0 Å². The predicted octanol–water partition coefficient (Wildman–Crippen LogP) is 4.01. The van der Waals surface area contributed by atoms with Crippen molar-refractivity contribution in [3.8, 4) is 0 Å². The van der Waals surface area contributed by atoms with Crippen LogP contribution in [0, 0.1) is 0 Å². The van der Waals surface area contributed by atoms with Gasteiger partial charge in [0, 0.05) is 19.1 Å². The summed E-state index contributed by atoms with van der Waals surface area (Å²) in [6.07, 6.45) is 1.88. The summed E-state index contributed by atoms with van der Waals surface area (Å²) in [5.41, 5.74) is 1.88. The van der Waals surface area contributed by atoms with Crippen LogP contribution < -0.4 is 0 Å². The maximum atomic E-state index is 10.2. The molecule has 0 amide bonds. The first-order valence-corrected chi connectivity index (χ1v) is 9.18. The molecule has 2 aromatic carbocycles. The molecule has 1 saturated heterocycles. The number of hydrogen-bond donors (Lipinski definition) is 1. The van der Waals surface area contributed by atoms with Gasteiger partial charge in [-0.1, -0.05) is 60.7 Å². The van der Waals surface area contributed by atoms with Gasteiger partial charge in [-0.3, -0.25) is 4.90 Å². The SMILES string of the molecule is CC(C)(O)[C@H]1CC[C@H](N(Cc2ccccc2)Cc2ccccc2)CO1. The molecule has 2 atom stereocenters. The molecular weight excluding hydrogens is 310 g/mol. The second-order valence-corrected chi connectivity index (χ2v) is 7.58. The molecule has 3 heteroatoms. The fraction of sp³-hybridized carbons (Fsp3) is 0.455. The zero-order chi connectivity index (χ0) is 17.7. The van der Waals surface area contributed by atoms with E-state index in [-0.39, 0.29) is 6.10 Å². The van der Waals surface area contributed by atoms with Crippen LogP contribution in [0.5, 0.6) is 0 Å². The lowest BCUT2D eigenvalue weighted by molar-refractivity contribution is -0.129. The van der Waals surface area contributed by atoms with Crippen LogP contribution in [0.2, 0.25) is 0 Å².